The van der Waals surface area contributed by atoms with E-state index in [1.807, 2.05) is 0 Å². The minimum absolute atomic E-state index is 0.0807. The summed E-state index contributed by atoms with van der Waals surface area (Å²) in [6.45, 7) is 1.76. The van der Waals surface area contributed by atoms with E-state index in [-0.39, 0.29) is 13.1 Å². The first-order chi connectivity index (χ1) is 12.2. The number of likely N-dealkylation sites (N-methyl/N-ethyl adjacent to an activating group) is 1. The summed E-state index contributed by atoms with van der Waals surface area (Å²) in [5.74, 6) is -4.87. The van der Waals surface area contributed by atoms with Crippen molar-refractivity contribution in [1.29, 1.82) is 0 Å². The summed E-state index contributed by atoms with van der Waals surface area (Å²) in [4.78, 5) is 10.4. The van der Waals surface area contributed by atoms with Gasteiger partial charge in [0.1, 0.15) is 0 Å². The van der Waals surface area contributed by atoms with Crippen LogP contribution in [0, 0.1) is 11.6 Å². The summed E-state index contributed by atoms with van der Waals surface area (Å²) in [5, 5.41) is 9.48. The quantitative estimate of drug-likeness (QED) is 0.766. The number of carboxylic acid groups (broad SMARTS) is 1. The van der Waals surface area contributed by atoms with Crippen LogP contribution in [-0.4, -0.2) is 36.9 Å². The normalized spacial score (nSPS) is 11.7. The fourth-order valence-corrected chi connectivity index (χ4v) is 3.99. The molecule has 0 bridgehead atoms. The Labute approximate surface area is 154 Å². The fraction of sp³-hybridized carbons (Fsp3) is 0.235. The molecule has 0 aliphatic rings. The van der Waals surface area contributed by atoms with Crippen molar-refractivity contribution in [3.8, 4) is 0 Å². The predicted molar refractivity (Wildman–Crippen MR) is 92.9 cm³/mol. The van der Waals surface area contributed by atoms with Crippen LogP contribution in [-0.2, 0) is 16.4 Å². The van der Waals surface area contributed by atoms with Crippen molar-refractivity contribution < 1.29 is 27.1 Å². The fourth-order valence-electron chi connectivity index (χ4n) is 2.37. The molecule has 0 saturated heterocycles. The van der Waals surface area contributed by atoms with E-state index >= 15 is 0 Å². The van der Waals surface area contributed by atoms with Gasteiger partial charge in [-0.05, 0) is 36.2 Å². The van der Waals surface area contributed by atoms with Gasteiger partial charge in [0.15, 0.2) is 11.6 Å². The van der Waals surface area contributed by atoms with Crippen LogP contribution < -0.4 is 0 Å². The van der Waals surface area contributed by atoms with Crippen molar-refractivity contribution >= 4 is 27.6 Å². The van der Waals surface area contributed by atoms with Gasteiger partial charge in [0.2, 0.25) is 10.0 Å². The third-order valence-electron chi connectivity index (χ3n) is 3.79. The number of carboxylic acids is 1. The zero-order chi connectivity index (χ0) is 19.5. The Hall–Kier alpha value is -2.03. The van der Waals surface area contributed by atoms with Gasteiger partial charge >= 0.3 is 5.97 Å². The second kappa shape index (κ2) is 8.11. The van der Waals surface area contributed by atoms with Crippen LogP contribution in [0.25, 0.3) is 0 Å². The highest BCUT2D eigenvalue weighted by Crippen LogP contribution is 2.22. The highest BCUT2D eigenvalue weighted by molar-refractivity contribution is 7.89. The summed E-state index contributed by atoms with van der Waals surface area (Å²) in [6, 6.07) is 7.97. The smallest absolute Gasteiger partial charge is 0.338 e. The lowest BCUT2D eigenvalue weighted by atomic mass is 10.1. The summed E-state index contributed by atoms with van der Waals surface area (Å²) in [7, 11) is -4.19. The molecule has 0 heterocycles. The molecule has 0 radical (unpaired) electrons. The van der Waals surface area contributed by atoms with Gasteiger partial charge in [0.05, 0.1) is 10.5 Å². The SMILES string of the molecule is CCN(CCc1ccc(Cl)cc1)S(=O)(=O)c1cc(F)c(F)c(C(=O)O)c1. The van der Waals surface area contributed by atoms with Crippen molar-refractivity contribution in [2.75, 3.05) is 13.1 Å². The van der Waals surface area contributed by atoms with Crippen molar-refractivity contribution in [2.24, 2.45) is 0 Å². The molecule has 0 aromatic heterocycles. The molecule has 2 aromatic carbocycles. The Morgan fingerprint density at radius 2 is 1.81 bits per heavy atom. The Kier molecular flexibility index (Phi) is 6.33. The average molecular weight is 404 g/mol. The maximum Gasteiger partial charge on any atom is 0.338 e. The van der Waals surface area contributed by atoms with E-state index in [9.17, 15) is 22.0 Å². The van der Waals surface area contributed by atoms with E-state index in [0.29, 0.717) is 23.6 Å². The predicted octanol–water partition coefficient (Wildman–Crippen LogP) is 3.57. The van der Waals surface area contributed by atoms with Crippen molar-refractivity contribution in [1.82, 2.24) is 4.31 Å². The second-order valence-electron chi connectivity index (χ2n) is 5.44. The molecule has 2 aromatic rings. The highest BCUT2D eigenvalue weighted by atomic mass is 35.5. The summed E-state index contributed by atoms with van der Waals surface area (Å²) < 4.78 is 53.7. The molecule has 0 aliphatic carbocycles. The largest absolute Gasteiger partial charge is 0.478 e. The molecule has 0 unspecified atom stereocenters. The molecule has 0 spiro atoms. The van der Waals surface area contributed by atoms with E-state index in [1.54, 1.807) is 31.2 Å². The Balaban J connectivity index is 2.31. The first-order valence-corrected chi connectivity index (χ1v) is 9.45. The van der Waals surface area contributed by atoms with Crippen molar-refractivity contribution in [3.63, 3.8) is 0 Å². The van der Waals surface area contributed by atoms with E-state index in [1.165, 1.54) is 0 Å². The minimum Gasteiger partial charge on any atom is -0.478 e. The number of benzene rings is 2. The molecule has 5 nitrogen and oxygen atoms in total. The number of hydrogen-bond acceptors (Lipinski definition) is 3. The van der Waals surface area contributed by atoms with Gasteiger partial charge < -0.3 is 5.11 Å². The summed E-state index contributed by atoms with van der Waals surface area (Å²) >= 11 is 5.80. The van der Waals surface area contributed by atoms with Gasteiger partial charge in [0.25, 0.3) is 0 Å². The number of aromatic carboxylic acids is 1. The number of halogens is 3. The van der Waals surface area contributed by atoms with Crippen LogP contribution in [0.4, 0.5) is 8.78 Å². The van der Waals surface area contributed by atoms with Crippen LogP contribution in [0.3, 0.4) is 0 Å². The van der Waals surface area contributed by atoms with Crippen LogP contribution in [0.5, 0.6) is 0 Å². The molecule has 0 amide bonds. The molecular weight excluding hydrogens is 388 g/mol. The third kappa shape index (κ3) is 4.38. The number of carbonyl (C=O) groups is 1. The Bertz CT molecular complexity index is 917. The molecule has 26 heavy (non-hydrogen) atoms. The van der Waals surface area contributed by atoms with Crippen molar-refractivity contribution in [3.05, 3.63) is 64.2 Å². The number of hydrogen-bond donors (Lipinski definition) is 1. The molecule has 2 rings (SSSR count). The maximum absolute atomic E-state index is 13.7. The maximum atomic E-state index is 13.7. The number of nitrogens with zero attached hydrogens (tertiary/aromatic N) is 1. The van der Waals surface area contributed by atoms with Gasteiger partial charge in [-0.15, -0.1) is 0 Å². The first-order valence-electron chi connectivity index (χ1n) is 7.63. The lowest BCUT2D eigenvalue weighted by molar-refractivity contribution is 0.0690. The average Bonchev–Trinajstić information content (AvgIpc) is 2.58. The van der Waals surface area contributed by atoms with E-state index in [4.69, 9.17) is 16.7 Å². The van der Waals surface area contributed by atoms with E-state index < -0.39 is 38.1 Å². The van der Waals surface area contributed by atoms with E-state index in [2.05, 4.69) is 0 Å². The molecule has 0 fully saturated rings. The van der Waals surface area contributed by atoms with Gasteiger partial charge in [0, 0.05) is 18.1 Å². The molecule has 9 heteroatoms. The lowest BCUT2D eigenvalue weighted by Crippen LogP contribution is -2.33. The van der Waals surface area contributed by atoms with Gasteiger partial charge in [-0.3, -0.25) is 0 Å². The van der Waals surface area contributed by atoms with E-state index in [0.717, 1.165) is 9.87 Å². The third-order valence-corrected chi connectivity index (χ3v) is 5.99. The molecule has 0 atom stereocenters. The Morgan fingerprint density at radius 1 is 1.19 bits per heavy atom. The van der Waals surface area contributed by atoms with Gasteiger partial charge in [-0.1, -0.05) is 30.7 Å². The summed E-state index contributed by atoms with van der Waals surface area (Å²) in [6.07, 6.45) is 0.375. The zero-order valence-electron chi connectivity index (χ0n) is 13.7. The van der Waals surface area contributed by atoms with Gasteiger partial charge in [-0.2, -0.15) is 4.31 Å². The van der Waals surface area contributed by atoms with Crippen LogP contribution in [0.15, 0.2) is 41.3 Å². The highest BCUT2D eigenvalue weighted by Gasteiger charge is 2.27. The first kappa shape index (κ1) is 20.3. The minimum atomic E-state index is -4.19. The molecule has 1 N–H and O–H groups in total. The molecular formula is C17H16ClF2NO4S. The molecule has 140 valence electrons. The topological polar surface area (TPSA) is 74.7 Å². The molecule has 0 saturated carbocycles. The lowest BCUT2D eigenvalue weighted by Gasteiger charge is -2.21. The number of sulfonamides is 1. The number of rotatable bonds is 7. The standard InChI is InChI=1S/C17H16ClF2NO4S/c1-2-21(8-7-11-3-5-12(18)6-4-11)26(24,25)13-9-14(17(22)23)16(20)15(19)10-13/h3-6,9-10H,2,7-8H2,1H3,(H,22,23). The van der Waals surface area contributed by atoms with Gasteiger partial charge in [-0.25, -0.2) is 22.0 Å². The van der Waals surface area contributed by atoms with Crippen LogP contribution in [0.2, 0.25) is 5.02 Å². The summed E-state index contributed by atoms with van der Waals surface area (Å²) in [5.41, 5.74) is -0.183. The monoisotopic (exact) mass is 403 g/mol. The second-order valence-corrected chi connectivity index (χ2v) is 7.82. The Morgan fingerprint density at radius 3 is 2.35 bits per heavy atom. The van der Waals surface area contributed by atoms with Crippen molar-refractivity contribution in [2.45, 2.75) is 18.2 Å². The van der Waals surface area contributed by atoms with Crippen LogP contribution in [0.1, 0.15) is 22.8 Å². The van der Waals surface area contributed by atoms with Crippen LogP contribution >= 0.6 is 11.6 Å². The molecule has 0 aliphatic heterocycles. The zero-order valence-corrected chi connectivity index (χ0v) is 15.3.